The molecule has 0 spiro atoms. The van der Waals surface area contributed by atoms with Crippen LogP contribution in [0.2, 0.25) is 0 Å². The van der Waals surface area contributed by atoms with Crippen molar-refractivity contribution in [3.05, 3.63) is 71.3 Å². The maximum atomic E-state index is 3.70. The summed E-state index contributed by atoms with van der Waals surface area (Å²) >= 11 is 0. The van der Waals surface area contributed by atoms with Crippen molar-refractivity contribution < 1.29 is 0 Å². The second-order valence-electron chi connectivity index (χ2n) is 6.59. The average molecular weight is 277 g/mol. The standard InChI is InChI=1S/C20H23N/c1-2-4-15(5-3-1)14-20-19(12-13-21-20)18-10-8-17(9-11-18)16-6-7-16/h1-5,8-11,16,19-21H,6-7,12-14H2. The van der Waals surface area contributed by atoms with E-state index in [1.165, 1.54) is 30.4 Å². The van der Waals surface area contributed by atoms with Crippen molar-refractivity contribution >= 4 is 0 Å². The minimum atomic E-state index is 0.583. The topological polar surface area (TPSA) is 12.0 Å². The van der Waals surface area contributed by atoms with Gasteiger partial charge in [0.15, 0.2) is 0 Å². The van der Waals surface area contributed by atoms with E-state index in [0.717, 1.165) is 18.9 Å². The highest BCUT2D eigenvalue weighted by molar-refractivity contribution is 5.32. The molecule has 0 bridgehead atoms. The summed E-state index contributed by atoms with van der Waals surface area (Å²) in [4.78, 5) is 0. The van der Waals surface area contributed by atoms with E-state index in [1.807, 2.05) is 0 Å². The lowest BCUT2D eigenvalue weighted by molar-refractivity contribution is 0.544. The van der Waals surface area contributed by atoms with Crippen molar-refractivity contribution in [2.45, 2.75) is 43.6 Å². The minimum absolute atomic E-state index is 0.583. The Morgan fingerprint density at radius 2 is 1.52 bits per heavy atom. The van der Waals surface area contributed by atoms with E-state index in [-0.39, 0.29) is 0 Å². The molecule has 1 aliphatic heterocycles. The molecule has 4 rings (SSSR count). The number of nitrogens with one attached hydrogen (secondary N) is 1. The zero-order valence-electron chi connectivity index (χ0n) is 12.5. The summed E-state index contributed by atoms with van der Waals surface area (Å²) < 4.78 is 0. The smallest absolute Gasteiger partial charge is 0.0177 e. The Hall–Kier alpha value is -1.60. The summed E-state index contributed by atoms with van der Waals surface area (Å²) in [6.45, 7) is 1.15. The van der Waals surface area contributed by atoms with Crippen LogP contribution < -0.4 is 5.32 Å². The second kappa shape index (κ2) is 5.65. The third-order valence-electron chi connectivity index (χ3n) is 5.06. The third kappa shape index (κ3) is 2.89. The summed E-state index contributed by atoms with van der Waals surface area (Å²) in [7, 11) is 0. The molecule has 1 nitrogen and oxygen atoms in total. The van der Waals surface area contributed by atoms with Gasteiger partial charge in [-0.25, -0.2) is 0 Å². The maximum Gasteiger partial charge on any atom is 0.0177 e. The predicted molar refractivity (Wildman–Crippen MR) is 87.7 cm³/mol. The number of rotatable bonds is 4. The molecule has 2 aromatic rings. The molecule has 2 atom stereocenters. The largest absolute Gasteiger partial charge is 0.313 e. The lowest BCUT2D eigenvalue weighted by Crippen LogP contribution is -2.28. The first kappa shape index (κ1) is 13.1. The van der Waals surface area contributed by atoms with Gasteiger partial charge in [0.25, 0.3) is 0 Å². The fourth-order valence-electron chi connectivity index (χ4n) is 3.68. The summed E-state index contributed by atoms with van der Waals surface area (Å²) in [5, 5.41) is 3.70. The Morgan fingerprint density at radius 3 is 2.24 bits per heavy atom. The molecule has 0 amide bonds. The predicted octanol–water partition coefficient (Wildman–Crippen LogP) is 4.25. The van der Waals surface area contributed by atoms with Crippen molar-refractivity contribution in [1.29, 1.82) is 0 Å². The zero-order valence-corrected chi connectivity index (χ0v) is 12.5. The second-order valence-corrected chi connectivity index (χ2v) is 6.59. The quantitative estimate of drug-likeness (QED) is 0.881. The van der Waals surface area contributed by atoms with Crippen LogP contribution in [0.5, 0.6) is 0 Å². The molecule has 2 fully saturated rings. The SMILES string of the molecule is c1ccc(CC2NCCC2c2ccc(C3CC3)cc2)cc1. The van der Waals surface area contributed by atoms with Crippen molar-refractivity contribution in [3.8, 4) is 0 Å². The lowest BCUT2D eigenvalue weighted by atomic mass is 9.88. The van der Waals surface area contributed by atoms with E-state index in [0.29, 0.717) is 12.0 Å². The molecule has 1 heterocycles. The molecule has 1 aliphatic carbocycles. The van der Waals surface area contributed by atoms with Gasteiger partial charge in [-0.2, -0.15) is 0 Å². The van der Waals surface area contributed by atoms with Gasteiger partial charge in [-0.3, -0.25) is 0 Å². The molecular weight excluding hydrogens is 254 g/mol. The van der Waals surface area contributed by atoms with Crippen LogP contribution in [-0.4, -0.2) is 12.6 Å². The molecule has 2 aromatic carbocycles. The average Bonchev–Trinajstić information content (AvgIpc) is 3.29. The molecule has 1 saturated heterocycles. The summed E-state index contributed by atoms with van der Waals surface area (Å²) in [6, 6.07) is 20.9. The molecule has 1 heteroatoms. The summed E-state index contributed by atoms with van der Waals surface area (Å²) in [6.07, 6.45) is 5.18. The van der Waals surface area contributed by atoms with Crippen molar-refractivity contribution in [3.63, 3.8) is 0 Å². The van der Waals surface area contributed by atoms with E-state index in [1.54, 1.807) is 5.56 Å². The third-order valence-corrected chi connectivity index (χ3v) is 5.06. The van der Waals surface area contributed by atoms with Crippen LogP contribution in [0.15, 0.2) is 54.6 Å². The van der Waals surface area contributed by atoms with E-state index in [2.05, 4.69) is 59.9 Å². The van der Waals surface area contributed by atoms with Gasteiger partial charge in [-0.05, 0) is 54.8 Å². The molecule has 0 radical (unpaired) electrons. The van der Waals surface area contributed by atoms with Crippen molar-refractivity contribution in [2.24, 2.45) is 0 Å². The van der Waals surface area contributed by atoms with Crippen LogP contribution >= 0.6 is 0 Å². The lowest BCUT2D eigenvalue weighted by Gasteiger charge is -2.20. The van der Waals surface area contributed by atoms with Crippen molar-refractivity contribution in [1.82, 2.24) is 5.32 Å². The van der Waals surface area contributed by atoms with Gasteiger partial charge >= 0.3 is 0 Å². The van der Waals surface area contributed by atoms with Crippen LogP contribution in [0.3, 0.4) is 0 Å². The van der Waals surface area contributed by atoms with E-state index in [4.69, 9.17) is 0 Å². The highest BCUT2D eigenvalue weighted by Gasteiger charge is 2.29. The van der Waals surface area contributed by atoms with Gasteiger partial charge in [-0.1, -0.05) is 54.6 Å². The van der Waals surface area contributed by atoms with E-state index < -0.39 is 0 Å². The van der Waals surface area contributed by atoms with Crippen LogP contribution in [0, 0.1) is 0 Å². The Labute approximate surface area is 127 Å². The summed E-state index contributed by atoms with van der Waals surface area (Å²) in [5.74, 6) is 1.53. The van der Waals surface area contributed by atoms with Crippen LogP contribution in [0.1, 0.15) is 47.8 Å². The van der Waals surface area contributed by atoms with Gasteiger partial charge in [-0.15, -0.1) is 0 Å². The fraction of sp³-hybridized carbons (Fsp3) is 0.400. The Morgan fingerprint density at radius 1 is 0.810 bits per heavy atom. The van der Waals surface area contributed by atoms with Crippen molar-refractivity contribution in [2.75, 3.05) is 6.54 Å². The van der Waals surface area contributed by atoms with Crippen LogP contribution in [-0.2, 0) is 6.42 Å². The molecule has 108 valence electrons. The van der Waals surface area contributed by atoms with Crippen LogP contribution in [0.4, 0.5) is 0 Å². The first-order valence-electron chi connectivity index (χ1n) is 8.27. The van der Waals surface area contributed by atoms with Gasteiger partial charge in [0.2, 0.25) is 0 Å². The Kier molecular flexibility index (Phi) is 3.52. The molecule has 1 saturated carbocycles. The van der Waals surface area contributed by atoms with Gasteiger partial charge in [0.05, 0.1) is 0 Å². The maximum absolute atomic E-state index is 3.70. The molecule has 2 unspecified atom stereocenters. The summed E-state index contributed by atoms with van der Waals surface area (Å²) in [5.41, 5.74) is 4.51. The zero-order chi connectivity index (χ0) is 14.1. The monoisotopic (exact) mass is 277 g/mol. The molecule has 1 N–H and O–H groups in total. The number of hydrogen-bond donors (Lipinski definition) is 1. The molecule has 0 aromatic heterocycles. The first-order valence-corrected chi connectivity index (χ1v) is 8.27. The highest BCUT2D eigenvalue weighted by Crippen LogP contribution is 2.40. The molecule has 21 heavy (non-hydrogen) atoms. The Bertz CT molecular complexity index is 583. The highest BCUT2D eigenvalue weighted by atomic mass is 14.9. The fourth-order valence-corrected chi connectivity index (χ4v) is 3.68. The van der Waals surface area contributed by atoms with E-state index >= 15 is 0 Å². The molecular formula is C20H23N. The Balaban J connectivity index is 1.50. The first-order chi connectivity index (χ1) is 10.4. The van der Waals surface area contributed by atoms with Crippen LogP contribution in [0.25, 0.3) is 0 Å². The van der Waals surface area contributed by atoms with Gasteiger partial charge in [0.1, 0.15) is 0 Å². The van der Waals surface area contributed by atoms with E-state index in [9.17, 15) is 0 Å². The minimum Gasteiger partial charge on any atom is -0.313 e. The number of hydrogen-bond acceptors (Lipinski definition) is 1. The van der Waals surface area contributed by atoms with Gasteiger partial charge in [0, 0.05) is 12.0 Å². The van der Waals surface area contributed by atoms with Gasteiger partial charge < -0.3 is 5.32 Å². The normalized spacial score (nSPS) is 25.1. The number of benzene rings is 2. The molecule has 2 aliphatic rings.